The number of nitriles is 1. The number of hydrogen-bond acceptors (Lipinski definition) is 4. The molecule has 0 spiro atoms. The standard InChI is InChI=1S/C24H20FN3O2/c1-3-30-24(29)13-22-15(2)20(23-10-16(14-26)8-9-28(22)23)12-19-6-4-17-11-18(25)5-7-21(17)27-19/h4-11H,3,12-13H2,1-2H3. The van der Waals surface area contributed by atoms with Gasteiger partial charge in [0, 0.05) is 29.4 Å². The lowest BCUT2D eigenvalue weighted by molar-refractivity contribution is -0.142. The van der Waals surface area contributed by atoms with E-state index in [9.17, 15) is 14.4 Å². The van der Waals surface area contributed by atoms with Crippen LogP contribution in [0.1, 0.15) is 35.0 Å². The molecule has 1 aromatic carbocycles. The lowest BCUT2D eigenvalue weighted by Crippen LogP contribution is -2.10. The van der Waals surface area contributed by atoms with E-state index >= 15 is 0 Å². The van der Waals surface area contributed by atoms with Gasteiger partial charge in [0.05, 0.1) is 35.7 Å². The number of rotatable bonds is 5. The highest BCUT2D eigenvalue weighted by atomic mass is 19.1. The molecule has 0 radical (unpaired) electrons. The molecule has 4 aromatic rings. The van der Waals surface area contributed by atoms with Crippen LogP contribution in [0.4, 0.5) is 4.39 Å². The number of fused-ring (bicyclic) bond motifs is 2. The summed E-state index contributed by atoms with van der Waals surface area (Å²) in [6.45, 7) is 4.08. The highest BCUT2D eigenvalue weighted by molar-refractivity contribution is 5.79. The Morgan fingerprint density at radius 3 is 2.83 bits per heavy atom. The van der Waals surface area contributed by atoms with Crippen molar-refractivity contribution in [1.29, 1.82) is 5.26 Å². The summed E-state index contributed by atoms with van der Waals surface area (Å²) in [5, 5.41) is 10.1. The summed E-state index contributed by atoms with van der Waals surface area (Å²) in [6, 6.07) is 14.0. The number of aromatic nitrogens is 2. The number of esters is 1. The smallest absolute Gasteiger partial charge is 0.311 e. The molecule has 0 amide bonds. The lowest BCUT2D eigenvalue weighted by atomic mass is 10.0. The lowest BCUT2D eigenvalue weighted by Gasteiger charge is -2.05. The summed E-state index contributed by atoms with van der Waals surface area (Å²) in [5.41, 5.74) is 5.78. The molecule has 4 rings (SSSR count). The van der Waals surface area contributed by atoms with Gasteiger partial charge in [0.15, 0.2) is 0 Å². The van der Waals surface area contributed by atoms with Gasteiger partial charge in [0.2, 0.25) is 0 Å². The van der Waals surface area contributed by atoms with Crippen LogP contribution in [0.15, 0.2) is 48.7 Å². The summed E-state index contributed by atoms with van der Waals surface area (Å²) in [7, 11) is 0. The summed E-state index contributed by atoms with van der Waals surface area (Å²) in [5.74, 6) is -0.583. The van der Waals surface area contributed by atoms with Crippen molar-refractivity contribution in [3.05, 3.63) is 82.6 Å². The summed E-state index contributed by atoms with van der Waals surface area (Å²) >= 11 is 0. The van der Waals surface area contributed by atoms with E-state index in [4.69, 9.17) is 4.74 Å². The second-order valence-electron chi connectivity index (χ2n) is 7.13. The third-order valence-corrected chi connectivity index (χ3v) is 5.25. The van der Waals surface area contributed by atoms with Crippen LogP contribution in [-0.2, 0) is 22.4 Å². The van der Waals surface area contributed by atoms with Gasteiger partial charge in [-0.05, 0) is 61.4 Å². The van der Waals surface area contributed by atoms with Crippen molar-refractivity contribution >= 4 is 22.4 Å². The fourth-order valence-corrected chi connectivity index (χ4v) is 3.79. The van der Waals surface area contributed by atoms with E-state index in [0.29, 0.717) is 18.6 Å². The number of pyridine rings is 2. The van der Waals surface area contributed by atoms with Crippen LogP contribution in [0.5, 0.6) is 0 Å². The van der Waals surface area contributed by atoms with Gasteiger partial charge < -0.3 is 9.14 Å². The average Bonchev–Trinajstić information content (AvgIpc) is 2.99. The first kappa shape index (κ1) is 19.6. The Labute approximate surface area is 173 Å². The second-order valence-corrected chi connectivity index (χ2v) is 7.13. The monoisotopic (exact) mass is 401 g/mol. The molecule has 0 saturated heterocycles. The Morgan fingerprint density at radius 1 is 1.23 bits per heavy atom. The van der Waals surface area contributed by atoms with E-state index in [-0.39, 0.29) is 18.2 Å². The molecule has 150 valence electrons. The minimum Gasteiger partial charge on any atom is -0.466 e. The molecule has 0 aliphatic carbocycles. The van der Waals surface area contributed by atoms with Crippen LogP contribution in [0.25, 0.3) is 16.4 Å². The molecule has 3 heterocycles. The molecule has 3 aromatic heterocycles. The molecule has 6 heteroatoms. The van der Waals surface area contributed by atoms with Crippen molar-refractivity contribution in [2.24, 2.45) is 0 Å². The first-order valence-electron chi connectivity index (χ1n) is 9.73. The minimum atomic E-state index is -0.293. The molecular weight excluding hydrogens is 381 g/mol. The van der Waals surface area contributed by atoms with Crippen molar-refractivity contribution < 1.29 is 13.9 Å². The topological polar surface area (TPSA) is 67.4 Å². The van der Waals surface area contributed by atoms with Crippen LogP contribution >= 0.6 is 0 Å². The fraction of sp³-hybridized carbons (Fsp3) is 0.208. The largest absolute Gasteiger partial charge is 0.466 e. The molecule has 5 nitrogen and oxygen atoms in total. The van der Waals surface area contributed by atoms with Gasteiger partial charge in [-0.2, -0.15) is 5.26 Å². The van der Waals surface area contributed by atoms with E-state index < -0.39 is 0 Å². The molecule has 0 aliphatic rings. The third-order valence-electron chi connectivity index (χ3n) is 5.25. The molecule has 0 fully saturated rings. The van der Waals surface area contributed by atoms with E-state index in [1.165, 1.54) is 12.1 Å². The summed E-state index contributed by atoms with van der Waals surface area (Å²) in [4.78, 5) is 16.8. The van der Waals surface area contributed by atoms with E-state index in [1.807, 2.05) is 35.7 Å². The molecule has 0 unspecified atom stereocenters. The first-order chi connectivity index (χ1) is 14.5. The predicted octanol–water partition coefficient (Wildman–Crippen LogP) is 4.50. The summed E-state index contributed by atoms with van der Waals surface area (Å²) < 4.78 is 20.5. The van der Waals surface area contributed by atoms with E-state index in [2.05, 4.69) is 11.1 Å². The number of benzene rings is 1. The van der Waals surface area contributed by atoms with Crippen LogP contribution in [-0.4, -0.2) is 22.0 Å². The molecule has 0 aliphatic heterocycles. The maximum atomic E-state index is 13.5. The number of hydrogen-bond donors (Lipinski definition) is 0. The number of carbonyl (C=O) groups is 1. The zero-order valence-electron chi connectivity index (χ0n) is 16.8. The Kier molecular flexibility index (Phi) is 5.20. The Hall–Kier alpha value is -3.72. The van der Waals surface area contributed by atoms with Crippen molar-refractivity contribution in [2.45, 2.75) is 26.7 Å². The van der Waals surface area contributed by atoms with Crippen LogP contribution in [0.3, 0.4) is 0 Å². The molecule has 0 N–H and O–H groups in total. The van der Waals surface area contributed by atoms with Crippen molar-refractivity contribution in [3.8, 4) is 6.07 Å². The van der Waals surface area contributed by atoms with Gasteiger partial charge in [-0.3, -0.25) is 9.78 Å². The number of nitrogens with zero attached hydrogens (tertiary/aromatic N) is 3. The number of carbonyl (C=O) groups excluding carboxylic acids is 1. The highest BCUT2D eigenvalue weighted by Crippen LogP contribution is 2.27. The summed E-state index contributed by atoms with van der Waals surface area (Å²) in [6.07, 6.45) is 2.49. The second kappa shape index (κ2) is 7.96. The van der Waals surface area contributed by atoms with Crippen molar-refractivity contribution in [2.75, 3.05) is 6.61 Å². The van der Waals surface area contributed by atoms with Crippen molar-refractivity contribution in [1.82, 2.24) is 9.38 Å². The predicted molar refractivity (Wildman–Crippen MR) is 112 cm³/mol. The fourth-order valence-electron chi connectivity index (χ4n) is 3.79. The average molecular weight is 401 g/mol. The zero-order chi connectivity index (χ0) is 21.3. The number of halogens is 1. The maximum absolute atomic E-state index is 13.5. The number of ether oxygens (including phenoxy) is 1. The van der Waals surface area contributed by atoms with Gasteiger partial charge in [0.1, 0.15) is 5.82 Å². The van der Waals surface area contributed by atoms with Crippen LogP contribution < -0.4 is 0 Å². The van der Waals surface area contributed by atoms with Gasteiger partial charge >= 0.3 is 5.97 Å². The Balaban J connectivity index is 1.81. The van der Waals surface area contributed by atoms with Gasteiger partial charge in [-0.15, -0.1) is 0 Å². The normalized spacial score (nSPS) is 11.0. The zero-order valence-corrected chi connectivity index (χ0v) is 16.8. The quantitative estimate of drug-likeness (QED) is 0.462. The van der Waals surface area contributed by atoms with E-state index in [1.54, 1.807) is 19.1 Å². The Morgan fingerprint density at radius 2 is 2.07 bits per heavy atom. The van der Waals surface area contributed by atoms with E-state index in [0.717, 1.165) is 38.9 Å². The van der Waals surface area contributed by atoms with Gasteiger partial charge in [-0.25, -0.2) is 4.39 Å². The van der Waals surface area contributed by atoms with Crippen LogP contribution in [0.2, 0.25) is 0 Å². The molecule has 0 atom stereocenters. The third kappa shape index (κ3) is 3.62. The van der Waals surface area contributed by atoms with Gasteiger partial charge in [0.25, 0.3) is 0 Å². The van der Waals surface area contributed by atoms with Crippen molar-refractivity contribution in [3.63, 3.8) is 0 Å². The first-order valence-corrected chi connectivity index (χ1v) is 9.73. The molecular formula is C24H20FN3O2. The molecule has 0 saturated carbocycles. The Bertz CT molecular complexity index is 1320. The SMILES string of the molecule is CCOC(=O)Cc1c(C)c(Cc2ccc3cc(F)ccc3n2)c2cc(C#N)ccn12. The minimum absolute atomic E-state index is 0.150. The molecule has 30 heavy (non-hydrogen) atoms. The molecule has 0 bridgehead atoms. The highest BCUT2D eigenvalue weighted by Gasteiger charge is 2.19. The van der Waals surface area contributed by atoms with Gasteiger partial charge in [-0.1, -0.05) is 6.07 Å². The maximum Gasteiger partial charge on any atom is 0.311 e. The van der Waals surface area contributed by atoms with Crippen LogP contribution in [0, 0.1) is 24.1 Å².